The highest BCUT2D eigenvalue weighted by atomic mass is 32.1. The second kappa shape index (κ2) is 7.66. The van der Waals surface area contributed by atoms with Crippen LogP contribution in [0.25, 0.3) is 20.4 Å². The molecule has 5 nitrogen and oxygen atoms in total. The van der Waals surface area contributed by atoms with E-state index in [1.54, 1.807) is 11.3 Å². The van der Waals surface area contributed by atoms with Crippen LogP contribution in [0.2, 0.25) is 0 Å². The molecule has 0 saturated heterocycles. The minimum Gasteiger partial charge on any atom is -0.283 e. The molecule has 0 bridgehead atoms. The number of anilines is 1. The Bertz CT molecular complexity index is 1280. The van der Waals surface area contributed by atoms with Gasteiger partial charge in [-0.3, -0.25) is 14.4 Å². The Balaban J connectivity index is 1.53. The third-order valence-corrected chi connectivity index (χ3v) is 7.38. The molecule has 5 aromatic rings. The third kappa shape index (κ3) is 3.40. The smallest absolute Gasteiger partial charge is 0.270 e. The summed E-state index contributed by atoms with van der Waals surface area (Å²) < 4.78 is 2.93. The molecule has 0 aliphatic rings. The zero-order valence-corrected chi connectivity index (χ0v) is 18.3. The Kier molecular flexibility index (Phi) is 4.84. The number of aromatic nitrogens is 3. The van der Waals surface area contributed by atoms with Crippen LogP contribution >= 0.6 is 22.7 Å². The summed E-state index contributed by atoms with van der Waals surface area (Å²) in [5.41, 5.74) is 3.07. The first-order chi connectivity index (χ1) is 14.6. The molecule has 0 saturated carbocycles. The summed E-state index contributed by atoms with van der Waals surface area (Å²) in [5.74, 6) is -0.00872. The zero-order valence-electron chi connectivity index (χ0n) is 16.7. The number of thiophene rings is 1. The summed E-state index contributed by atoms with van der Waals surface area (Å²) in [6.45, 7) is 2.55. The highest BCUT2D eigenvalue weighted by Gasteiger charge is 2.24. The molecule has 2 aromatic carbocycles. The van der Waals surface area contributed by atoms with Gasteiger partial charge in [0.15, 0.2) is 5.13 Å². The van der Waals surface area contributed by atoms with Gasteiger partial charge in [-0.2, -0.15) is 5.10 Å². The van der Waals surface area contributed by atoms with Crippen LogP contribution in [0.4, 0.5) is 5.13 Å². The Morgan fingerprint density at radius 1 is 1.07 bits per heavy atom. The van der Waals surface area contributed by atoms with E-state index in [0.29, 0.717) is 11.4 Å². The molecule has 5 rings (SSSR count). The Morgan fingerprint density at radius 3 is 2.60 bits per heavy atom. The minimum atomic E-state index is -0.00872. The van der Waals surface area contributed by atoms with Crippen molar-refractivity contribution in [2.75, 3.05) is 11.4 Å². The van der Waals surface area contributed by atoms with E-state index in [2.05, 4.69) is 17.2 Å². The number of thiazole rings is 1. The summed E-state index contributed by atoms with van der Waals surface area (Å²) >= 11 is 3.05. The van der Waals surface area contributed by atoms with Crippen LogP contribution in [-0.2, 0) is 13.5 Å². The van der Waals surface area contributed by atoms with Gasteiger partial charge in [0.25, 0.3) is 5.91 Å². The molecule has 0 unspecified atom stereocenters. The third-order valence-electron chi connectivity index (χ3n) is 5.13. The van der Waals surface area contributed by atoms with Crippen molar-refractivity contribution in [1.82, 2.24) is 14.8 Å². The van der Waals surface area contributed by atoms with Crippen LogP contribution in [0, 0.1) is 6.92 Å². The maximum atomic E-state index is 13.6. The summed E-state index contributed by atoms with van der Waals surface area (Å²) in [7, 11) is 1.92. The van der Waals surface area contributed by atoms with Gasteiger partial charge in [-0.25, -0.2) is 4.98 Å². The van der Waals surface area contributed by atoms with Gasteiger partial charge < -0.3 is 0 Å². The molecule has 0 atom stereocenters. The Morgan fingerprint density at radius 2 is 1.83 bits per heavy atom. The van der Waals surface area contributed by atoms with Gasteiger partial charge in [0, 0.05) is 19.0 Å². The topological polar surface area (TPSA) is 51.0 Å². The lowest BCUT2D eigenvalue weighted by atomic mass is 10.1. The SMILES string of the molecule is Cc1nn(C)c2sc(C(=O)N(CCc3ccccc3)c3nc4ccccc4s3)cc12. The van der Waals surface area contributed by atoms with Crippen LogP contribution in [0.15, 0.2) is 60.7 Å². The second-order valence-electron chi connectivity index (χ2n) is 7.20. The molecular weight excluding hydrogens is 412 g/mol. The average molecular weight is 433 g/mol. The highest BCUT2D eigenvalue weighted by Crippen LogP contribution is 2.33. The lowest BCUT2D eigenvalue weighted by Crippen LogP contribution is -2.32. The highest BCUT2D eigenvalue weighted by molar-refractivity contribution is 7.23. The summed E-state index contributed by atoms with van der Waals surface area (Å²) in [6, 6.07) is 20.2. The van der Waals surface area contributed by atoms with Crippen LogP contribution in [0.3, 0.4) is 0 Å². The largest absolute Gasteiger partial charge is 0.283 e. The Hall–Kier alpha value is -3.03. The normalized spacial score (nSPS) is 11.4. The fourth-order valence-corrected chi connectivity index (χ4v) is 5.65. The lowest BCUT2D eigenvalue weighted by Gasteiger charge is -2.19. The molecule has 0 fully saturated rings. The standard InChI is InChI=1S/C23H20N4OS2/c1-15-17-14-20(29-22(17)26(2)25-15)21(28)27(13-12-16-8-4-3-5-9-16)23-24-18-10-6-7-11-19(18)30-23/h3-11,14H,12-13H2,1-2H3. The van der Waals surface area contributed by atoms with Crippen molar-refractivity contribution >= 4 is 54.1 Å². The molecule has 3 heterocycles. The number of para-hydroxylation sites is 1. The molecule has 0 aliphatic heterocycles. The molecule has 0 N–H and O–H groups in total. The van der Waals surface area contributed by atoms with Crippen molar-refractivity contribution in [1.29, 1.82) is 0 Å². The van der Waals surface area contributed by atoms with E-state index in [1.807, 2.05) is 72.1 Å². The van der Waals surface area contributed by atoms with Crippen molar-refractivity contribution in [3.63, 3.8) is 0 Å². The predicted molar refractivity (Wildman–Crippen MR) is 125 cm³/mol. The van der Waals surface area contributed by atoms with Crippen LogP contribution < -0.4 is 4.90 Å². The van der Waals surface area contributed by atoms with E-state index in [0.717, 1.165) is 37.7 Å². The lowest BCUT2D eigenvalue weighted by molar-refractivity contribution is 0.0991. The van der Waals surface area contributed by atoms with E-state index in [1.165, 1.54) is 16.9 Å². The number of hydrogen-bond donors (Lipinski definition) is 0. The number of hydrogen-bond acceptors (Lipinski definition) is 5. The van der Waals surface area contributed by atoms with Crippen molar-refractivity contribution in [3.8, 4) is 0 Å². The minimum absolute atomic E-state index is 0.00872. The van der Waals surface area contributed by atoms with Crippen LogP contribution in [0.5, 0.6) is 0 Å². The van der Waals surface area contributed by atoms with Gasteiger partial charge in [0.2, 0.25) is 0 Å². The van der Waals surface area contributed by atoms with Crippen LogP contribution in [-0.4, -0.2) is 27.2 Å². The number of carbonyl (C=O) groups excluding carboxylic acids is 1. The van der Waals surface area contributed by atoms with Crippen molar-refractivity contribution in [2.45, 2.75) is 13.3 Å². The summed E-state index contributed by atoms with van der Waals surface area (Å²) in [5, 5.41) is 6.23. The number of benzene rings is 2. The van der Waals surface area contributed by atoms with Gasteiger partial charge in [-0.1, -0.05) is 53.8 Å². The molecule has 0 aliphatic carbocycles. The van der Waals surface area contributed by atoms with E-state index in [4.69, 9.17) is 4.98 Å². The molecule has 30 heavy (non-hydrogen) atoms. The number of carbonyl (C=O) groups is 1. The first-order valence-corrected chi connectivity index (χ1v) is 11.4. The number of nitrogens with zero attached hydrogens (tertiary/aromatic N) is 4. The molecular formula is C23H20N4OS2. The number of aryl methyl sites for hydroxylation is 2. The number of fused-ring (bicyclic) bond motifs is 2. The molecule has 0 radical (unpaired) electrons. The maximum absolute atomic E-state index is 13.6. The molecule has 1 amide bonds. The van der Waals surface area contributed by atoms with E-state index in [9.17, 15) is 4.79 Å². The monoisotopic (exact) mass is 432 g/mol. The van der Waals surface area contributed by atoms with Crippen LogP contribution in [0.1, 0.15) is 20.9 Å². The molecule has 7 heteroatoms. The Labute approximate surface area is 182 Å². The zero-order chi connectivity index (χ0) is 20.7. The van der Waals surface area contributed by atoms with Gasteiger partial charge >= 0.3 is 0 Å². The van der Waals surface area contributed by atoms with Gasteiger partial charge in [0.1, 0.15) is 4.83 Å². The van der Waals surface area contributed by atoms with Crippen molar-refractivity contribution in [3.05, 3.63) is 76.8 Å². The molecule has 0 spiro atoms. The first-order valence-electron chi connectivity index (χ1n) is 9.74. The van der Waals surface area contributed by atoms with Crippen molar-refractivity contribution in [2.24, 2.45) is 7.05 Å². The van der Waals surface area contributed by atoms with Gasteiger partial charge in [0.05, 0.1) is 20.8 Å². The van der Waals surface area contributed by atoms with E-state index < -0.39 is 0 Å². The van der Waals surface area contributed by atoms with E-state index in [-0.39, 0.29) is 5.91 Å². The fraction of sp³-hybridized carbons (Fsp3) is 0.174. The molecule has 150 valence electrons. The quantitative estimate of drug-likeness (QED) is 0.371. The van der Waals surface area contributed by atoms with Gasteiger partial charge in [-0.05, 0) is 37.1 Å². The van der Waals surface area contributed by atoms with E-state index >= 15 is 0 Å². The number of rotatable bonds is 5. The maximum Gasteiger partial charge on any atom is 0.270 e. The van der Waals surface area contributed by atoms with Crippen molar-refractivity contribution < 1.29 is 4.79 Å². The fourth-order valence-electron chi connectivity index (χ4n) is 3.59. The number of amides is 1. The summed E-state index contributed by atoms with van der Waals surface area (Å²) in [6.07, 6.45) is 0.772. The molecule has 3 aromatic heterocycles. The predicted octanol–water partition coefficient (Wildman–Crippen LogP) is 5.44. The average Bonchev–Trinajstić information content (AvgIpc) is 3.44. The second-order valence-corrected chi connectivity index (χ2v) is 9.23. The first kappa shape index (κ1) is 19.0. The summed E-state index contributed by atoms with van der Waals surface area (Å²) in [4.78, 5) is 21.9. The van der Waals surface area contributed by atoms with Gasteiger partial charge in [-0.15, -0.1) is 11.3 Å².